The molecule has 3 nitrogen and oxygen atoms in total. The number of nitrogens with zero attached hydrogens (tertiary/aromatic N) is 1. The number of hydrogen-bond donors (Lipinski definition) is 0. The van der Waals surface area contributed by atoms with E-state index in [1.54, 1.807) is 0 Å². The first-order valence-corrected chi connectivity index (χ1v) is 5.97. The number of esters is 1. The van der Waals surface area contributed by atoms with Gasteiger partial charge < -0.3 is 9.64 Å². The van der Waals surface area contributed by atoms with Gasteiger partial charge in [0, 0.05) is 6.42 Å². The Morgan fingerprint density at radius 3 is 2.47 bits per heavy atom. The molecule has 0 aliphatic carbocycles. The summed E-state index contributed by atoms with van der Waals surface area (Å²) in [7, 11) is 4.02. The molecule has 3 heteroatoms. The number of unbranched alkanes of at least 4 members (excludes halogenated alkanes) is 3. The minimum Gasteiger partial charge on any atom is -0.466 e. The van der Waals surface area contributed by atoms with Crippen LogP contribution < -0.4 is 0 Å². The normalized spacial score (nSPS) is 10.7. The maximum Gasteiger partial charge on any atom is 0.305 e. The molecule has 0 aromatic rings. The number of carbonyl (C=O) groups excluding carboxylic acids is 1. The van der Waals surface area contributed by atoms with Gasteiger partial charge in [-0.1, -0.05) is 26.2 Å². The first-order valence-electron chi connectivity index (χ1n) is 5.97. The molecule has 0 saturated carbocycles. The van der Waals surface area contributed by atoms with Gasteiger partial charge in [-0.2, -0.15) is 0 Å². The lowest BCUT2D eigenvalue weighted by molar-refractivity contribution is -0.143. The molecule has 15 heavy (non-hydrogen) atoms. The Labute approximate surface area is 93.8 Å². The third kappa shape index (κ3) is 11.4. The number of rotatable bonds is 9. The van der Waals surface area contributed by atoms with E-state index in [-0.39, 0.29) is 5.97 Å². The van der Waals surface area contributed by atoms with E-state index in [1.807, 2.05) is 14.1 Å². The molecule has 0 spiro atoms. The van der Waals surface area contributed by atoms with Crippen LogP contribution in [0.3, 0.4) is 0 Å². The second kappa shape index (κ2) is 9.97. The van der Waals surface area contributed by atoms with Gasteiger partial charge in [-0.15, -0.1) is 0 Å². The van der Waals surface area contributed by atoms with Crippen LogP contribution in [0.4, 0.5) is 0 Å². The topological polar surface area (TPSA) is 29.5 Å². The summed E-state index contributed by atoms with van der Waals surface area (Å²) in [6.07, 6.45) is 6.07. The fraction of sp³-hybridized carbons (Fsp3) is 0.917. The Morgan fingerprint density at radius 2 is 1.87 bits per heavy atom. The Kier molecular flexibility index (Phi) is 9.59. The van der Waals surface area contributed by atoms with Crippen molar-refractivity contribution >= 4 is 5.97 Å². The molecule has 0 aliphatic heterocycles. The lowest BCUT2D eigenvalue weighted by Gasteiger charge is -2.08. The maximum atomic E-state index is 11.2. The van der Waals surface area contributed by atoms with Crippen molar-refractivity contribution in [2.45, 2.75) is 45.4 Å². The molecule has 0 unspecified atom stereocenters. The van der Waals surface area contributed by atoms with E-state index in [9.17, 15) is 4.79 Å². The molecule has 0 rings (SSSR count). The summed E-state index contributed by atoms with van der Waals surface area (Å²) in [4.78, 5) is 13.3. The van der Waals surface area contributed by atoms with E-state index >= 15 is 0 Å². The van der Waals surface area contributed by atoms with Crippen molar-refractivity contribution in [3.05, 3.63) is 0 Å². The molecule has 0 fully saturated rings. The van der Waals surface area contributed by atoms with Gasteiger partial charge in [0.05, 0.1) is 6.61 Å². The van der Waals surface area contributed by atoms with Crippen LogP contribution in [0.1, 0.15) is 45.4 Å². The largest absolute Gasteiger partial charge is 0.466 e. The molecular formula is C12H25NO2. The second-order valence-corrected chi connectivity index (χ2v) is 4.19. The Hall–Kier alpha value is -0.570. The number of ether oxygens (including phenoxy) is 1. The van der Waals surface area contributed by atoms with Crippen LogP contribution in [-0.4, -0.2) is 38.1 Å². The first kappa shape index (κ1) is 14.4. The van der Waals surface area contributed by atoms with Crippen molar-refractivity contribution in [1.82, 2.24) is 4.90 Å². The monoisotopic (exact) mass is 215 g/mol. The second-order valence-electron chi connectivity index (χ2n) is 4.19. The zero-order valence-electron chi connectivity index (χ0n) is 10.4. The summed E-state index contributed by atoms with van der Waals surface area (Å²) in [6, 6.07) is 0. The molecular weight excluding hydrogens is 190 g/mol. The van der Waals surface area contributed by atoms with Gasteiger partial charge in [0.1, 0.15) is 0 Å². The summed E-state index contributed by atoms with van der Waals surface area (Å²) >= 11 is 0. The van der Waals surface area contributed by atoms with E-state index in [1.165, 1.54) is 19.3 Å². The molecule has 0 atom stereocenters. The molecule has 0 saturated heterocycles. The van der Waals surface area contributed by atoms with Gasteiger partial charge in [0.15, 0.2) is 0 Å². The lowest BCUT2D eigenvalue weighted by Crippen LogP contribution is -2.15. The highest BCUT2D eigenvalue weighted by Gasteiger charge is 2.02. The summed E-state index contributed by atoms with van der Waals surface area (Å²) in [5.74, 6) is -0.0478. The van der Waals surface area contributed by atoms with E-state index in [4.69, 9.17) is 4.74 Å². The molecule has 0 aromatic carbocycles. The van der Waals surface area contributed by atoms with Crippen molar-refractivity contribution < 1.29 is 9.53 Å². The third-order valence-electron chi connectivity index (χ3n) is 2.25. The maximum absolute atomic E-state index is 11.2. The summed E-state index contributed by atoms with van der Waals surface area (Å²) < 4.78 is 5.11. The summed E-state index contributed by atoms with van der Waals surface area (Å²) in [6.45, 7) is 3.72. The fourth-order valence-corrected chi connectivity index (χ4v) is 1.33. The zero-order valence-corrected chi connectivity index (χ0v) is 10.4. The minimum atomic E-state index is -0.0478. The predicted molar refractivity (Wildman–Crippen MR) is 62.9 cm³/mol. The number of hydrogen-bond acceptors (Lipinski definition) is 3. The van der Waals surface area contributed by atoms with Crippen molar-refractivity contribution in [2.75, 3.05) is 27.2 Å². The molecule has 90 valence electrons. The van der Waals surface area contributed by atoms with Gasteiger partial charge >= 0.3 is 5.97 Å². The van der Waals surface area contributed by atoms with Crippen molar-refractivity contribution in [3.63, 3.8) is 0 Å². The molecule has 0 N–H and O–H groups in total. The molecule has 0 radical (unpaired) electrons. The average molecular weight is 215 g/mol. The molecule has 0 amide bonds. The highest BCUT2D eigenvalue weighted by Crippen LogP contribution is 2.00. The summed E-state index contributed by atoms with van der Waals surface area (Å²) in [5.41, 5.74) is 0. The highest BCUT2D eigenvalue weighted by molar-refractivity contribution is 5.69. The van der Waals surface area contributed by atoms with Crippen LogP contribution in [0.5, 0.6) is 0 Å². The zero-order chi connectivity index (χ0) is 11.5. The highest BCUT2D eigenvalue weighted by atomic mass is 16.5. The average Bonchev–Trinajstić information content (AvgIpc) is 2.17. The van der Waals surface area contributed by atoms with Crippen LogP contribution in [0.2, 0.25) is 0 Å². The quantitative estimate of drug-likeness (QED) is 0.437. The molecule has 0 heterocycles. The van der Waals surface area contributed by atoms with Gasteiger partial charge in [0.2, 0.25) is 0 Å². The SMILES string of the molecule is CCCCCCOC(=O)CCCN(C)C. The van der Waals surface area contributed by atoms with Crippen molar-refractivity contribution in [3.8, 4) is 0 Å². The smallest absolute Gasteiger partial charge is 0.305 e. The van der Waals surface area contributed by atoms with Crippen LogP contribution in [0.25, 0.3) is 0 Å². The Bertz CT molecular complexity index is 158. The summed E-state index contributed by atoms with van der Waals surface area (Å²) in [5, 5.41) is 0. The molecule has 0 aromatic heterocycles. The van der Waals surface area contributed by atoms with Crippen LogP contribution in [0.15, 0.2) is 0 Å². The molecule has 0 bridgehead atoms. The van der Waals surface area contributed by atoms with Gasteiger partial charge in [-0.25, -0.2) is 0 Å². The standard InChI is InChI=1S/C12H25NO2/c1-4-5-6-7-11-15-12(14)9-8-10-13(2)3/h4-11H2,1-3H3. The van der Waals surface area contributed by atoms with Gasteiger partial charge in [-0.3, -0.25) is 4.79 Å². The first-order chi connectivity index (χ1) is 7.16. The lowest BCUT2D eigenvalue weighted by atomic mass is 10.2. The van der Waals surface area contributed by atoms with Crippen LogP contribution in [-0.2, 0) is 9.53 Å². The molecule has 0 aliphatic rings. The third-order valence-corrected chi connectivity index (χ3v) is 2.25. The van der Waals surface area contributed by atoms with Crippen molar-refractivity contribution in [2.24, 2.45) is 0 Å². The van der Waals surface area contributed by atoms with Gasteiger partial charge in [0.25, 0.3) is 0 Å². The van der Waals surface area contributed by atoms with Crippen molar-refractivity contribution in [1.29, 1.82) is 0 Å². The number of carbonyl (C=O) groups is 1. The van der Waals surface area contributed by atoms with E-state index in [0.29, 0.717) is 13.0 Å². The van der Waals surface area contributed by atoms with Crippen LogP contribution >= 0.6 is 0 Å². The minimum absolute atomic E-state index is 0.0478. The van der Waals surface area contributed by atoms with E-state index in [2.05, 4.69) is 11.8 Å². The Morgan fingerprint density at radius 1 is 1.13 bits per heavy atom. The van der Waals surface area contributed by atoms with Gasteiger partial charge in [-0.05, 0) is 33.5 Å². The van der Waals surface area contributed by atoms with E-state index in [0.717, 1.165) is 19.4 Å². The van der Waals surface area contributed by atoms with Crippen LogP contribution in [0, 0.1) is 0 Å². The van der Waals surface area contributed by atoms with E-state index < -0.39 is 0 Å². The fourth-order valence-electron chi connectivity index (χ4n) is 1.33. The Balaban J connectivity index is 3.19. The predicted octanol–water partition coefficient (Wildman–Crippen LogP) is 2.45.